The average molecular weight is 307 g/mol. The van der Waals surface area contributed by atoms with Crippen molar-refractivity contribution in [3.8, 4) is 0 Å². The predicted octanol–water partition coefficient (Wildman–Crippen LogP) is 4.12. The molecule has 0 amide bonds. The zero-order chi connectivity index (χ0) is 14.6. The highest BCUT2D eigenvalue weighted by atomic mass is 35.5. The summed E-state index contributed by atoms with van der Waals surface area (Å²) in [5.41, 5.74) is 0.736. The van der Waals surface area contributed by atoms with Crippen molar-refractivity contribution in [1.29, 1.82) is 0 Å². The molecule has 0 spiro atoms. The van der Waals surface area contributed by atoms with E-state index in [0.29, 0.717) is 11.1 Å². The molecule has 2 atom stereocenters. The van der Waals surface area contributed by atoms with Crippen molar-refractivity contribution in [2.75, 3.05) is 20.6 Å². The maximum absolute atomic E-state index is 13.5. The van der Waals surface area contributed by atoms with Gasteiger partial charge >= 0.3 is 0 Å². The van der Waals surface area contributed by atoms with Crippen molar-refractivity contribution in [2.24, 2.45) is 0 Å². The van der Waals surface area contributed by atoms with Crippen molar-refractivity contribution in [3.63, 3.8) is 0 Å². The van der Waals surface area contributed by atoms with Crippen LogP contribution in [-0.2, 0) is 0 Å². The Morgan fingerprint density at radius 3 is 2.42 bits per heavy atom. The Labute approximate surface area is 124 Å². The van der Waals surface area contributed by atoms with Crippen LogP contribution in [0.2, 0.25) is 10.0 Å². The van der Waals surface area contributed by atoms with E-state index in [9.17, 15) is 4.39 Å². The van der Waals surface area contributed by atoms with E-state index in [1.165, 1.54) is 12.1 Å². The van der Waals surface area contributed by atoms with Crippen molar-refractivity contribution < 1.29 is 4.39 Å². The van der Waals surface area contributed by atoms with Crippen LogP contribution in [0.5, 0.6) is 0 Å². The number of rotatable bonds is 6. The van der Waals surface area contributed by atoms with E-state index < -0.39 is 5.82 Å². The van der Waals surface area contributed by atoms with Gasteiger partial charge in [0, 0.05) is 17.1 Å². The molecule has 0 radical (unpaired) electrons. The Morgan fingerprint density at radius 1 is 1.21 bits per heavy atom. The molecule has 5 heteroatoms. The highest BCUT2D eigenvalue weighted by molar-refractivity contribution is 6.35. The van der Waals surface area contributed by atoms with Crippen LogP contribution in [0.4, 0.5) is 4.39 Å². The molecule has 1 aromatic rings. The minimum Gasteiger partial charge on any atom is -0.309 e. The zero-order valence-electron chi connectivity index (χ0n) is 11.8. The molecule has 1 N–H and O–H groups in total. The van der Waals surface area contributed by atoms with Crippen LogP contribution in [0.3, 0.4) is 0 Å². The molecule has 2 nitrogen and oxygen atoms in total. The van der Waals surface area contributed by atoms with Crippen molar-refractivity contribution in [3.05, 3.63) is 33.6 Å². The lowest BCUT2D eigenvalue weighted by molar-refractivity contribution is 0.354. The second-order valence-electron chi connectivity index (χ2n) is 5.17. The Hall–Kier alpha value is -0.350. The van der Waals surface area contributed by atoms with E-state index in [0.717, 1.165) is 18.5 Å². The van der Waals surface area contributed by atoms with Crippen molar-refractivity contribution >= 4 is 23.2 Å². The Kier molecular flexibility index (Phi) is 6.54. The van der Waals surface area contributed by atoms with Gasteiger partial charge in [-0.25, -0.2) is 4.39 Å². The van der Waals surface area contributed by atoms with Gasteiger partial charge in [-0.05, 0) is 58.6 Å². The number of nitrogens with one attached hydrogen (secondary N) is 1. The smallest absolute Gasteiger partial charge is 0.142 e. The first-order valence-corrected chi connectivity index (χ1v) is 7.12. The Bertz CT molecular complexity index is 424. The molecule has 108 valence electrons. The topological polar surface area (TPSA) is 15.3 Å². The summed E-state index contributed by atoms with van der Waals surface area (Å²) in [5.74, 6) is -0.435. The average Bonchev–Trinajstić information content (AvgIpc) is 2.31. The van der Waals surface area contributed by atoms with Gasteiger partial charge in [0.2, 0.25) is 0 Å². The quantitative estimate of drug-likeness (QED) is 0.795. The van der Waals surface area contributed by atoms with Crippen LogP contribution in [0, 0.1) is 5.82 Å². The van der Waals surface area contributed by atoms with E-state index in [1.54, 1.807) is 0 Å². The first-order chi connectivity index (χ1) is 8.81. The third-order valence-electron chi connectivity index (χ3n) is 3.05. The molecule has 0 aliphatic carbocycles. The molecule has 0 aliphatic rings. The lowest BCUT2D eigenvalue weighted by Crippen LogP contribution is -2.32. The van der Waals surface area contributed by atoms with Gasteiger partial charge in [-0.1, -0.05) is 23.2 Å². The summed E-state index contributed by atoms with van der Waals surface area (Å²) in [5, 5.41) is 3.97. The maximum Gasteiger partial charge on any atom is 0.142 e. The zero-order valence-corrected chi connectivity index (χ0v) is 13.3. The van der Waals surface area contributed by atoms with E-state index >= 15 is 0 Å². The largest absolute Gasteiger partial charge is 0.309 e. The molecule has 0 fully saturated rings. The van der Waals surface area contributed by atoms with Gasteiger partial charge in [0.1, 0.15) is 5.82 Å². The predicted molar refractivity (Wildman–Crippen MR) is 80.6 cm³/mol. The molecule has 0 bridgehead atoms. The lowest BCUT2D eigenvalue weighted by atomic mass is 10.1. The van der Waals surface area contributed by atoms with Gasteiger partial charge in [0.15, 0.2) is 0 Å². The van der Waals surface area contributed by atoms with Gasteiger partial charge in [-0.3, -0.25) is 0 Å². The fraction of sp³-hybridized carbons (Fsp3) is 0.571. The maximum atomic E-state index is 13.5. The monoisotopic (exact) mass is 306 g/mol. The molecule has 2 unspecified atom stereocenters. The fourth-order valence-corrected chi connectivity index (χ4v) is 2.47. The fourth-order valence-electron chi connectivity index (χ4n) is 1.92. The molecule has 19 heavy (non-hydrogen) atoms. The van der Waals surface area contributed by atoms with E-state index in [1.807, 2.05) is 21.0 Å². The number of nitrogens with zero attached hydrogens (tertiary/aromatic N) is 1. The third kappa shape index (κ3) is 5.27. The normalized spacial score (nSPS) is 14.7. The molecular formula is C14H21Cl2FN2. The standard InChI is InChI=1S/C14H21Cl2FN2/c1-9(5-6-19(3)4)18-10(2)11-7-14(17)13(16)8-12(11)15/h7-10,18H,5-6H2,1-4H3. The van der Waals surface area contributed by atoms with Crippen LogP contribution in [-0.4, -0.2) is 31.6 Å². The van der Waals surface area contributed by atoms with Crippen molar-refractivity contribution in [1.82, 2.24) is 10.2 Å². The lowest BCUT2D eigenvalue weighted by Gasteiger charge is -2.22. The molecular weight excluding hydrogens is 286 g/mol. The molecule has 0 saturated heterocycles. The molecule has 1 rings (SSSR count). The van der Waals surface area contributed by atoms with Crippen LogP contribution >= 0.6 is 23.2 Å². The highest BCUT2D eigenvalue weighted by Gasteiger charge is 2.15. The number of benzene rings is 1. The molecule has 0 aromatic heterocycles. The molecule has 0 aliphatic heterocycles. The van der Waals surface area contributed by atoms with E-state index in [4.69, 9.17) is 23.2 Å². The Morgan fingerprint density at radius 2 is 1.84 bits per heavy atom. The van der Waals surface area contributed by atoms with E-state index in [-0.39, 0.29) is 11.1 Å². The molecule has 1 aromatic carbocycles. The minimum atomic E-state index is -0.435. The van der Waals surface area contributed by atoms with Crippen molar-refractivity contribution in [2.45, 2.75) is 32.4 Å². The van der Waals surface area contributed by atoms with Crippen LogP contribution in [0.15, 0.2) is 12.1 Å². The Balaban J connectivity index is 2.67. The van der Waals surface area contributed by atoms with Crippen LogP contribution < -0.4 is 5.32 Å². The summed E-state index contributed by atoms with van der Waals surface area (Å²) in [4.78, 5) is 2.14. The van der Waals surface area contributed by atoms with Gasteiger partial charge < -0.3 is 10.2 Å². The summed E-state index contributed by atoms with van der Waals surface area (Å²) < 4.78 is 13.5. The minimum absolute atomic E-state index is 0.0172. The number of halogens is 3. The second-order valence-corrected chi connectivity index (χ2v) is 5.98. The number of hydrogen-bond donors (Lipinski definition) is 1. The first-order valence-electron chi connectivity index (χ1n) is 6.36. The summed E-state index contributed by atoms with van der Waals surface area (Å²) >= 11 is 11.8. The van der Waals surface area contributed by atoms with Gasteiger partial charge in [0.25, 0.3) is 0 Å². The number of hydrogen-bond acceptors (Lipinski definition) is 2. The van der Waals surface area contributed by atoms with E-state index in [2.05, 4.69) is 17.1 Å². The van der Waals surface area contributed by atoms with Gasteiger partial charge in [0.05, 0.1) is 5.02 Å². The third-order valence-corrected chi connectivity index (χ3v) is 3.67. The molecule has 0 saturated carbocycles. The SMILES string of the molecule is CC(CCN(C)C)NC(C)c1cc(F)c(Cl)cc1Cl. The first kappa shape index (κ1) is 16.7. The highest BCUT2D eigenvalue weighted by Crippen LogP contribution is 2.28. The molecule has 0 heterocycles. The van der Waals surface area contributed by atoms with Crippen LogP contribution in [0.1, 0.15) is 31.9 Å². The summed E-state index contributed by atoms with van der Waals surface area (Å²) in [6.45, 7) is 5.09. The van der Waals surface area contributed by atoms with Crippen LogP contribution in [0.25, 0.3) is 0 Å². The second kappa shape index (κ2) is 7.44. The summed E-state index contributed by atoms with van der Waals surface area (Å²) in [7, 11) is 4.09. The van der Waals surface area contributed by atoms with Gasteiger partial charge in [-0.2, -0.15) is 0 Å². The van der Waals surface area contributed by atoms with Gasteiger partial charge in [-0.15, -0.1) is 0 Å². The summed E-state index contributed by atoms with van der Waals surface area (Å²) in [6.07, 6.45) is 1.02. The summed E-state index contributed by atoms with van der Waals surface area (Å²) in [6, 6.07) is 3.17.